The Kier molecular flexibility index (Phi) is 4.19. The molecule has 0 N–H and O–H groups in total. The number of aromatic nitrogens is 1. The first-order chi connectivity index (χ1) is 6.09. The molecular weight excluding hydrogens is 237 g/mol. The first-order valence-corrected chi connectivity index (χ1v) is 4.49. The summed E-state index contributed by atoms with van der Waals surface area (Å²) >= 11 is 1.22. The summed E-state index contributed by atoms with van der Waals surface area (Å²) in [5.41, 5.74) is 0.898. The van der Waals surface area contributed by atoms with Crippen molar-refractivity contribution in [3.63, 3.8) is 0 Å². The number of para-hydroxylation sites is 1. The van der Waals surface area contributed by atoms with Crippen molar-refractivity contribution in [1.29, 1.82) is 0 Å². The minimum Gasteiger partial charge on any atom is -0.445 e. The van der Waals surface area contributed by atoms with Crippen LogP contribution in [-0.2, 0) is 0 Å². The van der Waals surface area contributed by atoms with E-state index < -0.39 is 12.4 Å². The van der Waals surface area contributed by atoms with Crippen molar-refractivity contribution >= 4 is 34.0 Å². The van der Waals surface area contributed by atoms with E-state index in [9.17, 15) is 12.9 Å². The minimum atomic E-state index is -4.94. The zero-order valence-electron chi connectivity index (χ0n) is 7.38. The van der Waals surface area contributed by atoms with Crippen LogP contribution < -0.4 is 56.8 Å². The molecule has 1 nitrogen and oxygen atoms in total. The van der Waals surface area contributed by atoms with Crippen molar-refractivity contribution in [1.82, 2.24) is 4.98 Å². The van der Waals surface area contributed by atoms with E-state index in [1.807, 2.05) is 0 Å². The van der Waals surface area contributed by atoms with E-state index in [0.29, 0.717) is 4.70 Å². The van der Waals surface area contributed by atoms with E-state index in [1.165, 1.54) is 22.9 Å². The van der Waals surface area contributed by atoms with Gasteiger partial charge in [0.25, 0.3) is 0 Å². The molecule has 0 aliphatic carbocycles. The SMILES string of the molecule is F[B-](F)(F)c1cccc2scnc12.[K+]. The molecule has 0 amide bonds. The van der Waals surface area contributed by atoms with E-state index in [1.54, 1.807) is 6.07 Å². The molecule has 0 aliphatic rings. The van der Waals surface area contributed by atoms with Gasteiger partial charge in [0.05, 0.1) is 15.7 Å². The fraction of sp³-hybridized carbons (Fsp3) is 0. The molecule has 2 rings (SSSR count). The van der Waals surface area contributed by atoms with Crippen molar-refractivity contribution in [3.05, 3.63) is 23.7 Å². The molecule has 7 heteroatoms. The van der Waals surface area contributed by atoms with Crippen molar-refractivity contribution in [3.8, 4) is 0 Å². The summed E-state index contributed by atoms with van der Waals surface area (Å²) in [7, 11) is 0. The van der Waals surface area contributed by atoms with Crippen LogP contribution in [0.3, 0.4) is 0 Å². The number of hydrogen-bond donors (Lipinski definition) is 0. The maximum Gasteiger partial charge on any atom is 1.00 e. The number of rotatable bonds is 1. The van der Waals surface area contributed by atoms with Crippen LogP contribution in [0.5, 0.6) is 0 Å². The van der Waals surface area contributed by atoms with Gasteiger partial charge in [0, 0.05) is 0 Å². The van der Waals surface area contributed by atoms with Gasteiger partial charge in [-0.2, -0.15) is 0 Å². The van der Waals surface area contributed by atoms with Crippen LogP contribution in [0.4, 0.5) is 12.9 Å². The van der Waals surface area contributed by atoms with E-state index >= 15 is 0 Å². The van der Waals surface area contributed by atoms with E-state index in [4.69, 9.17) is 0 Å². The van der Waals surface area contributed by atoms with Crippen LogP contribution >= 0.6 is 11.3 Å². The minimum absolute atomic E-state index is 0. The van der Waals surface area contributed by atoms with Gasteiger partial charge in [-0.25, -0.2) is 4.98 Å². The van der Waals surface area contributed by atoms with Gasteiger partial charge in [0.2, 0.25) is 0 Å². The number of fused-ring (bicyclic) bond motifs is 1. The predicted octanol–water partition coefficient (Wildman–Crippen LogP) is -0.645. The largest absolute Gasteiger partial charge is 1.00 e. The van der Waals surface area contributed by atoms with Crippen molar-refractivity contribution in [2.45, 2.75) is 0 Å². The van der Waals surface area contributed by atoms with Crippen molar-refractivity contribution < 1.29 is 64.3 Å². The van der Waals surface area contributed by atoms with Gasteiger partial charge in [-0.05, 0) is 6.07 Å². The van der Waals surface area contributed by atoms with Crippen LogP contribution in [-0.4, -0.2) is 12.0 Å². The molecule has 0 atom stereocenters. The smallest absolute Gasteiger partial charge is 0.445 e. The molecule has 1 heterocycles. The van der Waals surface area contributed by atoms with Crippen LogP contribution in [0.25, 0.3) is 10.2 Å². The molecule has 0 saturated heterocycles. The molecule has 0 bridgehead atoms. The van der Waals surface area contributed by atoms with Gasteiger partial charge < -0.3 is 12.9 Å². The van der Waals surface area contributed by atoms with Gasteiger partial charge in [0.1, 0.15) is 0 Å². The molecule has 0 radical (unpaired) electrons. The Hall–Kier alpha value is 0.601. The third-order valence-corrected chi connectivity index (χ3v) is 2.54. The molecule has 14 heavy (non-hydrogen) atoms. The molecule has 2 aromatic rings. The molecule has 0 unspecified atom stereocenters. The van der Waals surface area contributed by atoms with Gasteiger partial charge in [-0.3, -0.25) is 0 Å². The Balaban J connectivity index is 0.000000980. The maximum atomic E-state index is 12.4. The molecule has 68 valence electrons. The topological polar surface area (TPSA) is 12.9 Å². The number of nitrogens with zero attached hydrogens (tertiary/aromatic N) is 1. The monoisotopic (exact) mass is 241 g/mol. The Morgan fingerprint density at radius 3 is 2.57 bits per heavy atom. The van der Waals surface area contributed by atoms with Crippen LogP contribution in [0.2, 0.25) is 0 Å². The third kappa shape index (κ3) is 2.40. The zero-order chi connectivity index (χ0) is 9.47. The summed E-state index contributed by atoms with van der Waals surface area (Å²) < 4.78 is 37.8. The molecular formula is C7H4BF3KNS. The van der Waals surface area contributed by atoms with Crippen molar-refractivity contribution in [2.24, 2.45) is 0 Å². The average Bonchev–Trinajstić information content (AvgIpc) is 2.48. The standard InChI is InChI=1S/C7H4BF3NS.K/c9-8(10,11)5-2-1-3-6-7(5)12-4-13-6;/h1-4H;/q-1;+1. The Labute approximate surface area is 125 Å². The van der Waals surface area contributed by atoms with E-state index in [0.717, 1.165) is 6.07 Å². The Bertz CT molecular complexity index is 442. The number of halogens is 3. The van der Waals surface area contributed by atoms with Crippen LogP contribution in [0.15, 0.2) is 23.7 Å². The summed E-state index contributed by atoms with van der Waals surface area (Å²) in [5, 5.41) is 0. The summed E-state index contributed by atoms with van der Waals surface area (Å²) in [4.78, 5) is 3.70. The number of benzene rings is 1. The van der Waals surface area contributed by atoms with Gasteiger partial charge in [-0.15, -0.1) is 11.3 Å². The van der Waals surface area contributed by atoms with E-state index in [-0.39, 0.29) is 56.9 Å². The quantitative estimate of drug-likeness (QED) is 0.605. The first-order valence-electron chi connectivity index (χ1n) is 3.61. The molecule has 0 fully saturated rings. The van der Waals surface area contributed by atoms with Crippen LogP contribution in [0, 0.1) is 0 Å². The van der Waals surface area contributed by atoms with Gasteiger partial charge in [-0.1, -0.05) is 17.6 Å². The molecule has 0 aliphatic heterocycles. The van der Waals surface area contributed by atoms with Gasteiger partial charge in [0.15, 0.2) is 0 Å². The molecule has 0 saturated carbocycles. The number of hydrogen-bond acceptors (Lipinski definition) is 2. The van der Waals surface area contributed by atoms with Crippen LogP contribution in [0.1, 0.15) is 0 Å². The second-order valence-corrected chi connectivity index (χ2v) is 3.51. The summed E-state index contributed by atoms with van der Waals surface area (Å²) in [6.07, 6.45) is 0. The average molecular weight is 241 g/mol. The van der Waals surface area contributed by atoms with Gasteiger partial charge >= 0.3 is 58.4 Å². The summed E-state index contributed by atoms with van der Waals surface area (Å²) in [6.45, 7) is -4.94. The van der Waals surface area contributed by atoms with E-state index in [2.05, 4.69) is 4.98 Å². The summed E-state index contributed by atoms with van der Waals surface area (Å²) in [5.74, 6) is 0. The fourth-order valence-electron chi connectivity index (χ4n) is 1.17. The zero-order valence-corrected chi connectivity index (χ0v) is 11.3. The predicted molar refractivity (Wildman–Crippen MR) is 48.3 cm³/mol. The second-order valence-electron chi connectivity index (χ2n) is 2.62. The molecule has 0 spiro atoms. The normalized spacial score (nSPS) is 11.4. The summed E-state index contributed by atoms with van der Waals surface area (Å²) in [6, 6.07) is 4.12. The Morgan fingerprint density at radius 1 is 1.21 bits per heavy atom. The Morgan fingerprint density at radius 2 is 1.93 bits per heavy atom. The maximum absolute atomic E-state index is 12.4. The molecule has 1 aromatic heterocycles. The third-order valence-electron chi connectivity index (χ3n) is 1.74. The first kappa shape index (κ1) is 12.7. The van der Waals surface area contributed by atoms with Crippen molar-refractivity contribution in [2.75, 3.05) is 0 Å². The molecule has 1 aromatic carbocycles. The number of thiazole rings is 1. The second kappa shape index (κ2) is 4.63. The fourth-order valence-corrected chi connectivity index (χ4v) is 1.88.